The Morgan fingerprint density at radius 1 is 1.12 bits per heavy atom. The number of rotatable bonds is 2. The van der Waals surface area contributed by atoms with Crippen LogP contribution in [-0.4, -0.2) is 37.1 Å². The maximum Gasteiger partial charge on any atom is 0.0129 e. The van der Waals surface area contributed by atoms with Crippen LogP contribution in [0.25, 0.3) is 0 Å². The summed E-state index contributed by atoms with van der Waals surface area (Å²) in [5.74, 6) is 2.72. The first-order chi connectivity index (χ1) is 8.18. The van der Waals surface area contributed by atoms with E-state index in [2.05, 4.69) is 31.0 Å². The van der Waals surface area contributed by atoms with Gasteiger partial charge in [0.05, 0.1) is 0 Å². The van der Waals surface area contributed by atoms with Crippen LogP contribution in [0.1, 0.15) is 46.5 Å². The molecule has 0 amide bonds. The lowest BCUT2D eigenvalue weighted by molar-refractivity contribution is 0.0639. The molecule has 2 rings (SSSR count). The van der Waals surface area contributed by atoms with Gasteiger partial charge in [-0.3, -0.25) is 4.90 Å². The molecular weight excluding hydrogens is 208 g/mol. The van der Waals surface area contributed by atoms with Gasteiger partial charge in [0.15, 0.2) is 0 Å². The summed E-state index contributed by atoms with van der Waals surface area (Å²) in [7, 11) is 0. The molecular formula is C15H30N2. The summed E-state index contributed by atoms with van der Waals surface area (Å²) in [6, 6.07) is 0.860. The molecule has 17 heavy (non-hydrogen) atoms. The fraction of sp³-hybridized carbons (Fsp3) is 1.00. The lowest BCUT2D eigenvalue weighted by Gasteiger charge is -2.43. The minimum atomic E-state index is 0.851. The van der Waals surface area contributed by atoms with Crippen LogP contribution in [0.2, 0.25) is 0 Å². The molecule has 1 heterocycles. The first-order valence-corrected chi connectivity index (χ1v) is 7.63. The molecule has 2 heteroatoms. The monoisotopic (exact) mass is 238 g/mol. The fourth-order valence-electron chi connectivity index (χ4n) is 3.77. The Morgan fingerprint density at radius 2 is 1.94 bits per heavy atom. The highest BCUT2D eigenvalue weighted by Crippen LogP contribution is 2.36. The summed E-state index contributed by atoms with van der Waals surface area (Å²) in [5, 5.41) is 3.53. The predicted molar refractivity (Wildman–Crippen MR) is 74.2 cm³/mol. The van der Waals surface area contributed by atoms with Crippen molar-refractivity contribution in [1.82, 2.24) is 10.2 Å². The van der Waals surface area contributed by atoms with Crippen LogP contribution in [-0.2, 0) is 0 Å². The van der Waals surface area contributed by atoms with Gasteiger partial charge in [0.1, 0.15) is 0 Å². The Labute approximate surface area is 107 Å². The Hall–Kier alpha value is -0.0800. The SMILES string of the molecule is CC1CCC(C(C)C)C(N2CCCNCC2)C1. The quantitative estimate of drug-likeness (QED) is 0.796. The molecule has 1 saturated heterocycles. The zero-order chi connectivity index (χ0) is 12.3. The van der Waals surface area contributed by atoms with Crippen LogP contribution >= 0.6 is 0 Å². The zero-order valence-corrected chi connectivity index (χ0v) is 11.9. The van der Waals surface area contributed by atoms with E-state index < -0.39 is 0 Å². The third-order valence-electron chi connectivity index (χ3n) is 4.83. The van der Waals surface area contributed by atoms with Crippen molar-refractivity contribution >= 4 is 0 Å². The number of hydrogen-bond donors (Lipinski definition) is 1. The molecule has 100 valence electrons. The molecule has 3 atom stereocenters. The molecule has 0 radical (unpaired) electrons. The first kappa shape index (κ1) is 13.4. The summed E-state index contributed by atoms with van der Waals surface area (Å²) in [6.07, 6.45) is 5.66. The average molecular weight is 238 g/mol. The van der Waals surface area contributed by atoms with E-state index in [1.165, 1.54) is 51.9 Å². The van der Waals surface area contributed by atoms with Gasteiger partial charge in [-0.05, 0) is 50.1 Å². The van der Waals surface area contributed by atoms with E-state index in [1.54, 1.807) is 0 Å². The molecule has 1 saturated carbocycles. The van der Waals surface area contributed by atoms with E-state index in [9.17, 15) is 0 Å². The highest BCUT2D eigenvalue weighted by molar-refractivity contribution is 4.88. The van der Waals surface area contributed by atoms with Crippen molar-refractivity contribution < 1.29 is 0 Å². The molecule has 0 aromatic carbocycles. The van der Waals surface area contributed by atoms with E-state index in [0.717, 1.165) is 23.8 Å². The molecule has 0 bridgehead atoms. The lowest BCUT2D eigenvalue weighted by Crippen LogP contribution is -2.47. The Balaban J connectivity index is 2.02. The van der Waals surface area contributed by atoms with Crippen molar-refractivity contribution in [2.24, 2.45) is 17.8 Å². The molecule has 2 nitrogen and oxygen atoms in total. The number of nitrogens with zero attached hydrogens (tertiary/aromatic N) is 1. The molecule has 3 unspecified atom stereocenters. The van der Waals surface area contributed by atoms with Crippen molar-refractivity contribution in [3.8, 4) is 0 Å². The third-order valence-corrected chi connectivity index (χ3v) is 4.83. The van der Waals surface area contributed by atoms with Crippen molar-refractivity contribution in [3.63, 3.8) is 0 Å². The maximum atomic E-state index is 3.53. The highest BCUT2D eigenvalue weighted by Gasteiger charge is 2.34. The van der Waals surface area contributed by atoms with Gasteiger partial charge in [-0.1, -0.05) is 27.2 Å². The maximum absolute atomic E-state index is 3.53. The van der Waals surface area contributed by atoms with Gasteiger partial charge in [0.2, 0.25) is 0 Å². The predicted octanol–water partition coefficient (Wildman–Crippen LogP) is 2.74. The third kappa shape index (κ3) is 3.45. The smallest absolute Gasteiger partial charge is 0.0129 e. The Bertz CT molecular complexity index is 219. The highest BCUT2D eigenvalue weighted by atomic mass is 15.2. The second-order valence-corrected chi connectivity index (χ2v) is 6.53. The number of nitrogens with one attached hydrogen (secondary N) is 1. The molecule has 1 aliphatic heterocycles. The van der Waals surface area contributed by atoms with Gasteiger partial charge in [-0.25, -0.2) is 0 Å². The van der Waals surface area contributed by atoms with Gasteiger partial charge < -0.3 is 5.32 Å². The van der Waals surface area contributed by atoms with Crippen LogP contribution < -0.4 is 5.32 Å². The van der Waals surface area contributed by atoms with E-state index in [-0.39, 0.29) is 0 Å². The second kappa shape index (κ2) is 6.19. The van der Waals surface area contributed by atoms with Gasteiger partial charge in [0, 0.05) is 19.1 Å². The zero-order valence-electron chi connectivity index (χ0n) is 11.9. The van der Waals surface area contributed by atoms with Gasteiger partial charge in [-0.15, -0.1) is 0 Å². The van der Waals surface area contributed by atoms with Crippen LogP contribution in [0.4, 0.5) is 0 Å². The van der Waals surface area contributed by atoms with Gasteiger partial charge in [0.25, 0.3) is 0 Å². The van der Waals surface area contributed by atoms with E-state index >= 15 is 0 Å². The molecule has 1 N–H and O–H groups in total. The molecule has 0 spiro atoms. The van der Waals surface area contributed by atoms with E-state index in [0.29, 0.717) is 0 Å². The summed E-state index contributed by atoms with van der Waals surface area (Å²) < 4.78 is 0. The van der Waals surface area contributed by atoms with Crippen molar-refractivity contribution in [2.75, 3.05) is 26.2 Å². The molecule has 1 aliphatic carbocycles. The van der Waals surface area contributed by atoms with Crippen LogP contribution in [0, 0.1) is 17.8 Å². The Morgan fingerprint density at radius 3 is 2.71 bits per heavy atom. The van der Waals surface area contributed by atoms with Gasteiger partial charge in [-0.2, -0.15) is 0 Å². The number of hydrogen-bond acceptors (Lipinski definition) is 2. The molecule has 2 fully saturated rings. The molecule has 0 aromatic heterocycles. The van der Waals surface area contributed by atoms with Crippen LogP contribution in [0.5, 0.6) is 0 Å². The van der Waals surface area contributed by atoms with Crippen molar-refractivity contribution in [3.05, 3.63) is 0 Å². The minimum absolute atomic E-state index is 0.851. The average Bonchev–Trinajstić information content (AvgIpc) is 2.56. The largest absolute Gasteiger partial charge is 0.315 e. The first-order valence-electron chi connectivity index (χ1n) is 7.63. The fourth-order valence-corrected chi connectivity index (χ4v) is 3.77. The molecule has 0 aromatic rings. The summed E-state index contributed by atoms with van der Waals surface area (Å²) in [4.78, 5) is 2.79. The van der Waals surface area contributed by atoms with Crippen molar-refractivity contribution in [2.45, 2.75) is 52.5 Å². The summed E-state index contributed by atoms with van der Waals surface area (Å²) in [5.41, 5.74) is 0. The molecule has 2 aliphatic rings. The van der Waals surface area contributed by atoms with E-state index in [4.69, 9.17) is 0 Å². The van der Waals surface area contributed by atoms with Crippen LogP contribution in [0.15, 0.2) is 0 Å². The summed E-state index contributed by atoms with van der Waals surface area (Å²) in [6.45, 7) is 12.3. The van der Waals surface area contributed by atoms with Crippen LogP contribution in [0.3, 0.4) is 0 Å². The summed E-state index contributed by atoms with van der Waals surface area (Å²) >= 11 is 0. The lowest BCUT2D eigenvalue weighted by atomic mass is 9.73. The normalized spacial score (nSPS) is 37.1. The second-order valence-electron chi connectivity index (χ2n) is 6.53. The van der Waals surface area contributed by atoms with Gasteiger partial charge >= 0.3 is 0 Å². The topological polar surface area (TPSA) is 15.3 Å². The van der Waals surface area contributed by atoms with Crippen molar-refractivity contribution in [1.29, 1.82) is 0 Å². The minimum Gasteiger partial charge on any atom is -0.315 e. The standard InChI is InChI=1S/C15H30N2/c1-12(2)14-6-5-13(3)11-15(14)17-9-4-7-16-8-10-17/h12-16H,4-11H2,1-3H3. The Kier molecular flexibility index (Phi) is 4.87. The van der Waals surface area contributed by atoms with E-state index in [1.807, 2.05) is 0 Å².